The quantitative estimate of drug-likeness (QED) is 0.606. The van der Waals surface area contributed by atoms with Crippen molar-refractivity contribution in [3.8, 4) is 0 Å². The molecule has 0 bridgehead atoms. The second-order valence-corrected chi connectivity index (χ2v) is 5.40. The molecule has 102 valence electrons. The fraction of sp³-hybridized carbons (Fsp3) is 0.267. The van der Waals surface area contributed by atoms with Crippen LogP contribution < -0.4 is 33.9 Å². The van der Waals surface area contributed by atoms with Crippen LogP contribution in [0.2, 0.25) is 0 Å². The highest BCUT2D eigenvalue weighted by molar-refractivity contribution is 7.12. The Morgan fingerprint density at radius 2 is 1.89 bits per heavy atom. The number of anilines is 1. The lowest BCUT2D eigenvalue weighted by atomic mass is 10.3. The molecule has 1 heterocycles. The Balaban J connectivity index is 0.00000180. The molecule has 0 fully saturated rings. The van der Waals surface area contributed by atoms with Crippen molar-refractivity contribution in [1.82, 2.24) is 0 Å². The highest BCUT2D eigenvalue weighted by Crippen LogP contribution is 2.16. The minimum atomic E-state index is 0. The fourth-order valence-electron chi connectivity index (χ4n) is 1.90. The number of hydrogen-bond donors (Lipinski definition) is 1. The summed E-state index contributed by atoms with van der Waals surface area (Å²) < 4.78 is 2.34. The summed E-state index contributed by atoms with van der Waals surface area (Å²) in [5.74, 6) is 0. The molecule has 0 saturated carbocycles. The fourth-order valence-corrected chi connectivity index (χ4v) is 2.99. The van der Waals surface area contributed by atoms with Crippen LogP contribution in [0.3, 0.4) is 0 Å². The number of benzene rings is 1. The Morgan fingerprint density at radius 1 is 1.21 bits per heavy atom. The summed E-state index contributed by atoms with van der Waals surface area (Å²) in [6, 6.07) is 10.2. The van der Waals surface area contributed by atoms with E-state index in [1.54, 1.807) is 0 Å². The topological polar surface area (TPSA) is 15.9 Å². The van der Waals surface area contributed by atoms with Crippen molar-refractivity contribution in [2.24, 2.45) is 0 Å². The molecule has 0 unspecified atom stereocenters. The van der Waals surface area contributed by atoms with Crippen LogP contribution in [0.4, 0.5) is 5.69 Å². The van der Waals surface area contributed by atoms with E-state index in [2.05, 4.69) is 48.9 Å². The Morgan fingerprint density at radius 3 is 2.53 bits per heavy atom. The van der Waals surface area contributed by atoms with Gasteiger partial charge in [-0.3, -0.25) is 0 Å². The van der Waals surface area contributed by atoms with Gasteiger partial charge in [0, 0.05) is 24.9 Å². The predicted molar refractivity (Wildman–Crippen MR) is 78.8 cm³/mol. The lowest BCUT2D eigenvalue weighted by molar-refractivity contribution is -0.696. The Hall–Kier alpha value is -0.880. The molecule has 1 aromatic carbocycles. The Kier molecular flexibility index (Phi) is 6.51. The molecule has 0 aliphatic carbocycles. The van der Waals surface area contributed by atoms with Gasteiger partial charge < -0.3 is 29.3 Å². The monoisotopic (exact) mass is 386 g/mol. The van der Waals surface area contributed by atoms with Gasteiger partial charge in [0.1, 0.15) is 6.54 Å². The molecule has 2 rings (SSSR count). The standard InChI is InChI=1S/C15H18N2S.HI/c1-4-17-12(2)13(3)18-15(17)10-11-16-14-8-6-5-7-9-14;/h5-11H,4H2,1-3H3;1H. The lowest BCUT2D eigenvalue weighted by Crippen LogP contribution is -3.00. The highest BCUT2D eigenvalue weighted by atomic mass is 127. The first-order valence-electron chi connectivity index (χ1n) is 6.20. The normalized spacial score (nSPS) is 10.5. The summed E-state index contributed by atoms with van der Waals surface area (Å²) in [6.07, 6.45) is 4.15. The maximum atomic E-state index is 3.29. The minimum Gasteiger partial charge on any atom is -1.00 e. The van der Waals surface area contributed by atoms with Gasteiger partial charge >= 0.3 is 0 Å². The zero-order chi connectivity index (χ0) is 13.0. The van der Waals surface area contributed by atoms with E-state index in [9.17, 15) is 0 Å². The number of halogens is 1. The number of thiazole rings is 1. The molecular formula is C15H19IN2S. The molecule has 0 saturated heterocycles. The molecule has 0 atom stereocenters. The molecule has 0 aliphatic rings. The van der Waals surface area contributed by atoms with Crippen LogP contribution in [0.25, 0.3) is 6.08 Å². The largest absolute Gasteiger partial charge is 1.00 e. The average Bonchev–Trinajstić information content (AvgIpc) is 2.66. The minimum absolute atomic E-state index is 0. The van der Waals surface area contributed by atoms with E-state index in [1.165, 1.54) is 15.6 Å². The van der Waals surface area contributed by atoms with Crippen molar-refractivity contribution >= 4 is 23.1 Å². The van der Waals surface area contributed by atoms with Gasteiger partial charge in [-0.15, -0.1) is 0 Å². The first-order chi connectivity index (χ1) is 8.72. The molecule has 0 radical (unpaired) electrons. The molecule has 19 heavy (non-hydrogen) atoms. The van der Waals surface area contributed by atoms with Crippen molar-refractivity contribution in [3.05, 3.63) is 52.1 Å². The van der Waals surface area contributed by atoms with Crippen molar-refractivity contribution in [1.29, 1.82) is 0 Å². The van der Waals surface area contributed by atoms with Crippen LogP contribution in [-0.2, 0) is 6.54 Å². The maximum Gasteiger partial charge on any atom is 0.263 e. The summed E-state index contributed by atoms with van der Waals surface area (Å²) in [7, 11) is 0. The molecule has 4 heteroatoms. The van der Waals surface area contributed by atoms with E-state index in [0.29, 0.717) is 0 Å². The summed E-state index contributed by atoms with van der Waals surface area (Å²) >= 11 is 1.84. The molecule has 2 nitrogen and oxygen atoms in total. The van der Waals surface area contributed by atoms with Crippen LogP contribution in [-0.4, -0.2) is 0 Å². The number of para-hydroxylation sites is 1. The third-order valence-corrected chi connectivity index (χ3v) is 4.17. The van der Waals surface area contributed by atoms with Crippen LogP contribution in [0, 0.1) is 13.8 Å². The van der Waals surface area contributed by atoms with E-state index >= 15 is 0 Å². The van der Waals surface area contributed by atoms with E-state index in [1.807, 2.05) is 35.7 Å². The van der Waals surface area contributed by atoms with Crippen molar-refractivity contribution in [3.63, 3.8) is 0 Å². The molecule has 1 aromatic heterocycles. The van der Waals surface area contributed by atoms with Crippen LogP contribution >= 0.6 is 11.3 Å². The number of rotatable bonds is 4. The van der Waals surface area contributed by atoms with Gasteiger partial charge in [-0.25, -0.2) is 0 Å². The Labute approximate surface area is 136 Å². The van der Waals surface area contributed by atoms with Crippen molar-refractivity contribution in [2.45, 2.75) is 27.3 Å². The third-order valence-electron chi connectivity index (χ3n) is 3.00. The van der Waals surface area contributed by atoms with Gasteiger partial charge in [0.25, 0.3) is 5.01 Å². The number of aromatic nitrogens is 1. The van der Waals surface area contributed by atoms with Crippen LogP contribution in [0.15, 0.2) is 36.5 Å². The number of nitrogens with zero attached hydrogens (tertiary/aromatic N) is 1. The smallest absolute Gasteiger partial charge is 0.263 e. The summed E-state index contributed by atoms with van der Waals surface area (Å²) in [5, 5.41) is 4.57. The molecule has 0 spiro atoms. The molecule has 1 N–H and O–H groups in total. The maximum absolute atomic E-state index is 3.29. The van der Waals surface area contributed by atoms with Gasteiger partial charge in [0.05, 0.1) is 4.88 Å². The number of aryl methyl sites for hydroxylation is 1. The van der Waals surface area contributed by atoms with Gasteiger partial charge in [-0.05, 0) is 26.0 Å². The zero-order valence-corrected chi connectivity index (χ0v) is 14.5. The number of nitrogens with one attached hydrogen (secondary N) is 1. The van der Waals surface area contributed by atoms with Gasteiger partial charge in [0.15, 0.2) is 5.69 Å². The van der Waals surface area contributed by atoms with Gasteiger partial charge in [-0.2, -0.15) is 4.57 Å². The third kappa shape index (κ3) is 4.04. The zero-order valence-electron chi connectivity index (χ0n) is 11.5. The summed E-state index contributed by atoms with van der Waals surface area (Å²) in [6.45, 7) is 7.55. The SMILES string of the molecule is CC[n+]1c(/C=C/Nc2ccccc2)sc(C)c1C.[I-]. The average molecular weight is 386 g/mol. The molecule has 0 aliphatic heterocycles. The molecule has 0 amide bonds. The summed E-state index contributed by atoms with van der Waals surface area (Å²) in [4.78, 5) is 1.39. The highest BCUT2D eigenvalue weighted by Gasteiger charge is 2.16. The van der Waals surface area contributed by atoms with E-state index < -0.39 is 0 Å². The van der Waals surface area contributed by atoms with E-state index in [0.717, 1.165) is 12.2 Å². The second-order valence-electron chi connectivity index (χ2n) is 4.17. The lowest BCUT2D eigenvalue weighted by Gasteiger charge is -1.97. The van der Waals surface area contributed by atoms with E-state index in [4.69, 9.17) is 0 Å². The first-order valence-corrected chi connectivity index (χ1v) is 7.02. The van der Waals surface area contributed by atoms with Gasteiger partial charge in [0.2, 0.25) is 0 Å². The molecular weight excluding hydrogens is 367 g/mol. The summed E-state index contributed by atoms with van der Waals surface area (Å²) in [5.41, 5.74) is 2.48. The van der Waals surface area contributed by atoms with Crippen LogP contribution in [0.5, 0.6) is 0 Å². The second kappa shape index (κ2) is 7.65. The number of hydrogen-bond acceptors (Lipinski definition) is 2. The molecule has 2 aromatic rings. The van der Waals surface area contributed by atoms with Crippen molar-refractivity contribution in [2.75, 3.05) is 5.32 Å². The predicted octanol–water partition coefficient (Wildman–Crippen LogP) is 0.759. The Bertz CT molecular complexity index is 547. The first kappa shape index (κ1) is 16.2. The van der Waals surface area contributed by atoms with Gasteiger partial charge in [-0.1, -0.05) is 29.5 Å². The van der Waals surface area contributed by atoms with Crippen LogP contribution in [0.1, 0.15) is 22.5 Å². The van der Waals surface area contributed by atoms with E-state index in [-0.39, 0.29) is 24.0 Å². The van der Waals surface area contributed by atoms with Crippen molar-refractivity contribution < 1.29 is 28.5 Å².